The molecule has 4 nitrogen and oxygen atoms in total. The van der Waals surface area contributed by atoms with Gasteiger partial charge < -0.3 is 15.7 Å². The molecule has 0 aliphatic heterocycles. The SMILES string of the molecule is CCC(CC)(CO)CNCC(=O)NCC(C)C. The van der Waals surface area contributed by atoms with Crippen molar-refractivity contribution in [3.05, 3.63) is 0 Å². The van der Waals surface area contributed by atoms with E-state index in [-0.39, 0.29) is 17.9 Å². The van der Waals surface area contributed by atoms with E-state index in [1.807, 2.05) is 0 Å². The molecule has 102 valence electrons. The molecule has 3 N–H and O–H groups in total. The van der Waals surface area contributed by atoms with Crippen LogP contribution in [0.15, 0.2) is 0 Å². The van der Waals surface area contributed by atoms with Crippen LogP contribution in [0.5, 0.6) is 0 Å². The lowest BCUT2D eigenvalue weighted by molar-refractivity contribution is -0.120. The minimum absolute atomic E-state index is 0.0257. The summed E-state index contributed by atoms with van der Waals surface area (Å²) in [6.45, 7) is 10.2. The summed E-state index contributed by atoms with van der Waals surface area (Å²) >= 11 is 0. The second-order valence-electron chi connectivity index (χ2n) is 5.17. The van der Waals surface area contributed by atoms with Gasteiger partial charge in [0.15, 0.2) is 0 Å². The molecule has 0 rings (SSSR count). The molecular formula is C13H28N2O2. The number of hydrogen-bond donors (Lipinski definition) is 3. The Bertz CT molecular complexity index is 205. The Morgan fingerprint density at radius 1 is 1.29 bits per heavy atom. The van der Waals surface area contributed by atoms with Gasteiger partial charge in [0.2, 0.25) is 5.91 Å². The summed E-state index contributed by atoms with van der Waals surface area (Å²) in [5.41, 5.74) is -0.0850. The molecule has 0 radical (unpaired) electrons. The minimum atomic E-state index is -0.0850. The van der Waals surface area contributed by atoms with Crippen molar-refractivity contribution in [2.24, 2.45) is 11.3 Å². The normalized spacial score (nSPS) is 11.9. The van der Waals surface area contributed by atoms with Gasteiger partial charge in [0.25, 0.3) is 0 Å². The van der Waals surface area contributed by atoms with Gasteiger partial charge in [0.1, 0.15) is 0 Å². The Morgan fingerprint density at radius 3 is 2.29 bits per heavy atom. The maximum atomic E-state index is 11.5. The summed E-state index contributed by atoms with van der Waals surface area (Å²) in [7, 11) is 0. The predicted molar refractivity (Wildman–Crippen MR) is 70.8 cm³/mol. The lowest BCUT2D eigenvalue weighted by atomic mass is 9.83. The van der Waals surface area contributed by atoms with Crippen molar-refractivity contribution in [1.82, 2.24) is 10.6 Å². The molecule has 0 saturated carbocycles. The number of amides is 1. The Labute approximate surface area is 105 Å². The van der Waals surface area contributed by atoms with E-state index in [1.54, 1.807) is 0 Å². The first-order valence-corrected chi connectivity index (χ1v) is 6.58. The third-order valence-electron chi connectivity index (χ3n) is 3.33. The highest BCUT2D eigenvalue weighted by atomic mass is 16.3. The third kappa shape index (κ3) is 6.64. The number of carbonyl (C=O) groups is 1. The van der Waals surface area contributed by atoms with E-state index >= 15 is 0 Å². The maximum Gasteiger partial charge on any atom is 0.233 e. The molecule has 0 aliphatic rings. The molecule has 0 saturated heterocycles. The van der Waals surface area contributed by atoms with Crippen molar-refractivity contribution in [3.63, 3.8) is 0 Å². The van der Waals surface area contributed by atoms with Gasteiger partial charge in [-0.2, -0.15) is 0 Å². The maximum absolute atomic E-state index is 11.5. The van der Waals surface area contributed by atoms with Gasteiger partial charge in [0, 0.05) is 25.1 Å². The quantitative estimate of drug-likeness (QED) is 0.570. The monoisotopic (exact) mass is 244 g/mol. The fourth-order valence-corrected chi connectivity index (χ4v) is 1.60. The Hall–Kier alpha value is -0.610. The first-order chi connectivity index (χ1) is 7.99. The van der Waals surface area contributed by atoms with E-state index in [4.69, 9.17) is 0 Å². The lowest BCUT2D eigenvalue weighted by Crippen LogP contribution is -2.42. The van der Waals surface area contributed by atoms with E-state index in [0.717, 1.165) is 12.8 Å². The van der Waals surface area contributed by atoms with Crippen molar-refractivity contribution in [3.8, 4) is 0 Å². The largest absolute Gasteiger partial charge is 0.396 e. The highest BCUT2D eigenvalue weighted by Crippen LogP contribution is 2.24. The van der Waals surface area contributed by atoms with Gasteiger partial charge in [-0.3, -0.25) is 4.79 Å². The van der Waals surface area contributed by atoms with Crippen LogP contribution in [-0.2, 0) is 4.79 Å². The van der Waals surface area contributed by atoms with E-state index in [2.05, 4.69) is 38.3 Å². The number of nitrogens with one attached hydrogen (secondary N) is 2. The lowest BCUT2D eigenvalue weighted by Gasteiger charge is -2.29. The zero-order valence-corrected chi connectivity index (χ0v) is 11.7. The van der Waals surface area contributed by atoms with Gasteiger partial charge in [-0.05, 0) is 18.8 Å². The minimum Gasteiger partial charge on any atom is -0.396 e. The molecule has 17 heavy (non-hydrogen) atoms. The standard InChI is InChI=1S/C13H28N2O2/c1-5-13(6-2,10-16)9-14-8-12(17)15-7-11(3)4/h11,14,16H,5-10H2,1-4H3,(H,15,17). The van der Waals surface area contributed by atoms with E-state index in [9.17, 15) is 9.90 Å². The summed E-state index contributed by atoms with van der Waals surface area (Å²) in [5, 5.41) is 15.4. The van der Waals surface area contributed by atoms with Crippen LogP contribution in [0, 0.1) is 11.3 Å². The van der Waals surface area contributed by atoms with Gasteiger partial charge in [-0.1, -0.05) is 27.7 Å². The van der Waals surface area contributed by atoms with E-state index in [0.29, 0.717) is 25.6 Å². The third-order valence-corrected chi connectivity index (χ3v) is 3.33. The van der Waals surface area contributed by atoms with Crippen LogP contribution in [0.1, 0.15) is 40.5 Å². The zero-order valence-electron chi connectivity index (χ0n) is 11.7. The summed E-state index contributed by atoms with van der Waals surface area (Å²) in [6, 6.07) is 0. The van der Waals surface area contributed by atoms with Crippen molar-refractivity contribution >= 4 is 5.91 Å². The van der Waals surface area contributed by atoms with Crippen LogP contribution in [0.4, 0.5) is 0 Å². The first kappa shape index (κ1) is 16.4. The molecule has 0 aromatic rings. The van der Waals surface area contributed by atoms with Crippen molar-refractivity contribution < 1.29 is 9.90 Å². The average Bonchev–Trinajstić information content (AvgIpc) is 2.33. The topological polar surface area (TPSA) is 61.4 Å². The van der Waals surface area contributed by atoms with E-state index in [1.165, 1.54) is 0 Å². The molecular weight excluding hydrogens is 216 g/mol. The molecule has 0 heterocycles. The Kier molecular flexibility index (Phi) is 8.17. The molecule has 1 amide bonds. The van der Waals surface area contributed by atoms with Crippen molar-refractivity contribution in [1.29, 1.82) is 0 Å². The van der Waals surface area contributed by atoms with Crippen molar-refractivity contribution in [2.45, 2.75) is 40.5 Å². The van der Waals surface area contributed by atoms with Crippen LogP contribution < -0.4 is 10.6 Å². The molecule has 0 spiro atoms. The summed E-state index contributed by atoms with van der Waals surface area (Å²) in [6.07, 6.45) is 1.83. The molecule has 0 aromatic heterocycles. The molecule has 0 aromatic carbocycles. The van der Waals surface area contributed by atoms with Gasteiger partial charge >= 0.3 is 0 Å². The number of aliphatic hydroxyl groups is 1. The number of carbonyl (C=O) groups excluding carboxylic acids is 1. The first-order valence-electron chi connectivity index (χ1n) is 6.58. The summed E-state index contributed by atoms with van der Waals surface area (Å²) in [5.74, 6) is 0.500. The highest BCUT2D eigenvalue weighted by molar-refractivity contribution is 5.77. The van der Waals surface area contributed by atoms with Gasteiger partial charge in [-0.15, -0.1) is 0 Å². The van der Waals surface area contributed by atoms with Crippen LogP contribution >= 0.6 is 0 Å². The average molecular weight is 244 g/mol. The highest BCUT2D eigenvalue weighted by Gasteiger charge is 2.24. The zero-order chi connectivity index (χ0) is 13.3. The van der Waals surface area contributed by atoms with Crippen molar-refractivity contribution in [2.75, 3.05) is 26.2 Å². The van der Waals surface area contributed by atoms with Crippen LogP contribution in [-0.4, -0.2) is 37.3 Å². The molecule has 0 fully saturated rings. The second-order valence-corrected chi connectivity index (χ2v) is 5.17. The smallest absolute Gasteiger partial charge is 0.233 e. The van der Waals surface area contributed by atoms with Gasteiger partial charge in [0.05, 0.1) is 6.54 Å². The Morgan fingerprint density at radius 2 is 1.88 bits per heavy atom. The molecule has 0 unspecified atom stereocenters. The number of rotatable bonds is 9. The van der Waals surface area contributed by atoms with Crippen LogP contribution in [0.25, 0.3) is 0 Å². The molecule has 0 bridgehead atoms. The van der Waals surface area contributed by atoms with Crippen LogP contribution in [0.2, 0.25) is 0 Å². The fraction of sp³-hybridized carbons (Fsp3) is 0.923. The fourth-order valence-electron chi connectivity index (χ4n) is 1.60. The predicted octanol–water partition coefficient (Wildman–Crippen LogP) is 1.15. The summed E-state index contributed by atoms with van der Waals surface area (Å²) in [4.78, 5) is 11.5. The molecule has 0 aliphatic carbocycles. The van der Waals surface area contributed by atoms with Crippen LogP contribution in [0.3, 0.4) is 0 Å². The second kappa shape index (κ2) is 8.48. The molecule has 4 heteroatoms. The number of aliphatic hydroxyl groups excluding tert-OH is 1. The summed E-state index contributed by atoms with van der Waals surface area (Å²) < 4.78 is 0. The number of hydrogen-bond acceptors (Lipinski definition) is 3. The molecule has 0 atom stereocenters. The van der Waals surface area contributed by atoms with E-state index < -0.39 is 0 Å². The van der Waals surface area contributed by atoms with Gasteiger partial charge in [-0.25, -0.2) is 0 Å². The Balaban J connectivity index is 3.85.